The average molecular weight is 332 g/mol. The number of nitrogens with zero attached hydrogens (tertiary/aromatic N) is 2. The third-order valence-electron chi connectivity index (χ3n) is 4.03. The maximum atomic E-state index is 12.5. The van der Waals surface area contributed by atoms with E-state index < -0.39 is 24.5 Å². The van der Waals surface area contributed by atoms with E-state index in [4.69, 9.17) is 15.6 Å². The number of primary amides is 1. The summed E-state index contributed by atoms with van der Waals surface area (Å²) in [7, 11) is 1.64. The summed E-state index contributed by atoms with van der Waals surface area (Å²) in [6, 6.07) is 4.22. The van der Waals surface area contributed by atoms with Gasteiger partial charge in [-0.2, -0.15) is 5.10 Å². The highest BCUT2D eigenvalue weighted by molar-refractivity contribution is 6.06. The minimum absolute atomic E-state index is 0.279. The van der Waals surface area contributed by atoms with Gasteiger partial charge in [-0.15, -0.1) is 0 Å². The Balaban J connectivity index is 1.87. The summed E-state index contributed by atoms with van der Waals surface area (Å²) in [4.78, 5) is 23.7. The second-order valence-corrected chi connectivity index (χ2v) is 6.02. The molecule has 0 bridgehead atoms. The van der Waals surface area contributed by atoms with Gasteiger partial charge in [0.25, 0.3) is 5.91 Å². The van der Waals surface area contributed by atoms with Crippen molar-refractivity contribution >= 4 is 22.7 Å². The first-order valence-electron chi connectivity index (χ1n) is 7.80. The fourth-order valence-corrected chi connectivity index (χ4v) is 2.47. The number of aryl methyl sites for hydroxylation is 1. The maximum Gasteiger partial charge on any atom is 0.270 e. The van der Waals surface area contributed by atoms with Gasteiger partial charge < -0.3 is 20.9 Å². The van der Waals surface area contributed by atoms with Crippen LogP contribution in [-0.4, -0.2) is 46.0 Å². The number of aromatic nitrogens is 2. The second kappa shape index (κ2) is 6.48. The fraction of sp³-hybridized carbons (Fsp3) is 0.438. The zero-order chi connectivity index (χ0) is 17.3. The fourth-order valence-electron chi connectivity index (χ4n) is 2.47. The van der Waals surface area contributed by atoms with Crippen LogP contribution in [0.2, 0.25) is 0 Å². The van der Waals surface area contributed by atoms with Crippen LogP contribution in [-0.2, 0) is 11.8 Å². The molecule has 128 valence electrons. The summed E-state index contributed by atoms with van der Waals surface area (Å²) in [6.07, 6.45) is 2.39. The van der Waals surface area contributed by atoms with Crippen molar-refractivity contribution in [1.29, 1.82) is 0 Å². The van der Waals surface area contributed by atoms with E-state index in [1.54, 1.807) is 19.2 Å². The lowest BCUT2D eigenvalue weighted by molar-refractivity contribution is -0.120. The number of nitrogens with two attached hydrogens (primary N) is 1. The van der Waals surface area contributed by atoms with Gasteiger partial charge in [0.15, 0.2) is 0 Å². The number of benzene rings is 1. The molecule has 2 amide bonds. The molecule has 1 fully saturated rings. The van der Waals surface area contributed by atoms with Gasteiger partial charge in [-0.05, 0) is 37.0 Å². The van der Waals surface area contributed by atoms with Gasteiger partial charge >= 0.3 is 0 Å². The standard InChI is InChI=1S/C16H20N4O4/c1-20-14(16(23)18-13(7-21)15(17)22)11-6-10(4-5-12(11)19-20)24-8-9-2-3-9/h4-6,9,13,21H,2-3,7-8H2,1H3,(H2,17,22)(H,18,23)/t13-/m1/s1. The zero-order valence-electron chi connectivity index (χ0n) is 13.4. The molecule has 3 rings (SSSR count). The van der Waals surface area contributed by atoms with E-state index in [1.165, 1.54) is 17.5 Å². The van der Waals surface area contributed by atoms with E-state index in [9.17, 15) is 9.59 Å². The molecular weight excluding hydrogens is 312 g/mol. The van der Waals surface area contributed by atoms with Crippen LogP contribution in [0.25, 0.3) is 10.9 Å². The summed E-state index contributed by atoms with van der Waals surface area (Å²) in [5, 5.41) is 16.5. The average Bonchev–Trinajstić information content (AvgIpc) is 3.31. The molecule has 1 aliphatic carbocycles. The monoisotopic (exact) mass is 332 g/mol. The third-order valence-corrected chi connectivity index (χ3v) is 4.03. The third kappa shape index (κ3) is 3.33. The molecule has 0 unspecified atom stereocenters. The highest BCUT2D eigenvalue weighted by Crippen LogP contribution is 2.30. The highest BCUT2D eigenvalue weighted by Gasteiger charge is 2.24. The van der Waals surface area contributed by atoms with Crippen LogP contribution < -0.4 is 15.8 Å². The SMILES string of the molecule is Cn1nc2ccc(OCC3CC3)cc2c1C(=O)N[C@H](CO)C(N)=O. The van der Waals surface area contributed by atoms with E-state index in [0.29, 0.717) is 29.2 Å². The molecule has 1 heterocycles. The summed E-state index contributed by atoms with van der Waals surface area (Å²) >= 11 is 0. The number of ether oxygens (including phenoxy) is 1. The van der Waals surface area contributed by atoms with Crippen molar-refractivity contribution in [3.63, 3.8) is 0 Å². The Morgan fingerprint density at radius 1 is 1.50 bits per heavy atom. The molecule has 1 aromatic carbocycles. The molecule has 0 radical (unpaired) electrons. The molecule has 0 aliphatic heterocycles. The Morgan fingerprint density at radius 2 is 2.25 bits per heavy atom. The largest absolute Gasteiger partial charge is 0.493 e. The van der Waals surface area contributed by atoms with Crippen molar-refractivity contribution in [2.24, 2.45) is 18.7 Å². The molecule has 24 heavy (non-hydrogen) atoms. The van der Waals surface area contributed by atoms with Crippen LogP contribution in [0.3, 0.4) is 0 Å². The minimum Gasteiger partial charge on any atom is -0.493 e. The van der Waals surface area contributed by atoms with Crippen molar-refractivity contribution in [3.8, 4) is 5.75 Å². The van der Waals surface area contributed by atoms with E-state index >= 15 is 0 Å². The first-order chi connectivity index (χ1) is 11.5. The number of fused-ring (bicyclic) bond motifs is 1. The normalized spacial score (nSPS) is 15.2. The van der Waals surface area contributed by atoms with Crippen molar-refractivity contribution in [2.45, 2.75) is 18.9 Å². The van der Waals surface area contributed by atoms with Gasteiger partial charge in [0.2, 0.25) is 5.91 Å². The quantitative estimate of drug-likeness (QED) is 0.656. The summed E-state index contributed by atoms with van der Waals surface area (Å²) < 4.78 is 7.17. The summed E-state index contributed by atoms with van der Waals surface area (Å²) in [5.74, 6) is -0.0359. The van der Waals surface area contributed by atoms with Crippen molar-refractivity contribution in [2.75, 3.05) is 13.2 Å². The van der Waals surface area contributed by atoms with Gasteiger partial charge in [-0.3, -0.25) is 14.3 Å². The van der Waals surface area contributed by atoms with Gasteiger partial charge in [0, 0.05) is 12.4 Å². The molecule has 0 spiro atoms. The van der Waals surface area contributed by atoms with Gasteiger partial charge in [-0.25, -0.2) is 0 Å². The maximum absolute atomic E-state index is 12.5. The number of carbonyl (C=O) groups is 2. The van der Waals surface area contributed by atoms with Crippen LogP contribution in [0.4, 0.5) is 0 Å². The molecule has 8 heteroatoms. The molecule has 4 N–H and O–H groups in total. The Morgan fingerprint density at radius 3 is 2.88 bits per heavy atom. The van der Waals surface area contributed by atoms with Crippen molar-refractivity contribution in [1.82, 2.24) is 15.1 Å². The smallest absolute Gasteiger partial charge is 0.270 e. The molecule has 1 saturated carbocycles. The molecular formula is C16H20N4O4. The number of hydrogen-bond donors (Lipinski definition) is 3. The lowest BCUT2D eigenvalue weighted by atomic mass is 10.1. The summed E-state index contributed by atoms with van der Waals surface area (Å²) in [5.41, 5.74) is 6.06. The zero-order valence-corrected chi connectivity index (χ0v) is 13.4. The second-order valence-electron chi connectivity index (χ2n) is 6.02. The van der Waals surface area contributed by atoms with Gasteiger partial charge in [0.1, 0.15) is 17.5 Å². The predicted octanol–water partition coefficient (Wildman–Crippen LogP) is -0.0619. The molecule has 0 saturated heterocycles. The number of aliphatic hydroxyl groups excluding tert-OH is 1. The van der Waals surface area contributed by atoms with Gasteiger partial charge in [0.05, 0.1) is 18.7 Å². The van der Waals surface area contributed by atoms with E-state index in [1.807, 2.05) is 6.07 Å². The topological polar surface area (TPSA) is 119 Å². The molecule has 1 atom stereocenters. The lowest BCUT2D eigenvalue weighted by Crippen LogP contribution is -2.47. The van der Waals surface area contributed by atoms with E-state index in [-0.39, 0.29) is 5.69 Å². The highest BCUT2D eigenvalue weighted by atomic mass is 16.5. The van der Waals surface area contributed by atoms with Crippen LogP contribution in [0.5, 0.6) is 5.75 Å². The Kier molecular flexibility index (Phi) is 4.39. The van der Waals surface area contributed by atoms with E-state index in [0.717, 1.165) is 0 Å². The first kappa shape index (κ1) is 16.3. The first-order valence-corrected chi connectivity index (χ1v) is 7.80. The van der Waals surface area contributed by atoms with Crippen LogP contribution >= 0.6 is 0 Å². The molecule has 8 nitrogen and oxygen atoms in total. The Hall–Kier alpha value is -2.61. The number of aliphatic hydroxyl groups is 1. The lowest BCUT2D eigenvalue weighted by Gasteiger charge is -2.12. The molecule has 1 aromatic heterocycles. The Bertz CT molecular complexity index is 782. The minimum atomic E-state index is -1.14. The number of carbonyl (C=O) groups excluding carboxylic acids is 2. The van der Waals surface area contributed by atoms with Gasteiger partial charge in [-0.1, -0.05) is 0 Å². The van der Waals surface area contributed by atoms with Crippen LogP contribution in [0, 0.1) is 5.92 Å². The number of hydrogen-bond acceptors (Lipinski definition) is 5. The van der Waals surface area contributed by atoms with Crippen molar-refractivity contribution < 1.29 is 19.4 Å². The summed E-state index contributed by atoms with van der Waals surface area (Å²) in [6.45, 7) is 0.105. The Labute approximate surface area is 138 Å². The van der Waals surface area contributed by atoms with Crippen LogP contribution in [0.15, 0.2) is 18.2 Å². The molecule has 2 aromatic rings. The van der Waals surface area contributed by atoms with E-state index in [2.05, 4.69) is 10.4 Å². The predicted molar refractivity (Wildman–Crippen MR) is 86.5 cm³/mol. The van der Waals surface area contributed by atoms with Crippen LogP contribution in [0.1, 0.15) is 23.3 Å². The number of amides is 2. The van der Waals surface area contributed by atoms with Crippen molar-refractivity contribution in [3.05, 3.63) is 23.9 Å². The number of rotatable bonds is 7. The molecule has 1 aliphatic rings. The number of nitrogens with one attached hydrogen (secondary N) is 1.